The van der Waals surface area contributed by atoms with Crippen molar-refractivity contribution >= 4 is 44.6 Å². The SMILES string of the molecule is CC(C)(C)c1cc(-c2ccccc2)cc(N2CN(c3cccc(Oc4ccc5c6cc(C(C)(C)C)ccc6n(-c6cc(C(C)(C)C)ccn6)c5c4)c3)c3cc(C(C)(C)C)ccc32)c1. The molecule has 1 aliphatic rings. The number of anilines is 4. The van der Waals surface area contributed by atoms with Gasteiger partial charge in [0, 0.05) is 40.5 Å². The Morgan fingerprint density at radius 2 is 1.08 bits per heavy atom. The van der Waals surface area contributed by atoms with Crippen LogP contribution in [0.15, 0.2) is 146 Å². The Hall–Kier alpha value is -6.33. The van der Waals surface area contributed by atoms with Gasteiger partial charge in [-0.25, -0.2) is 4.98 Å². The molecule has 63 heavy (non-hydrogen) atoms. The molecule has 0 fully saturated rings. The first-order chi connectivity index (χ1) is 29.7. The normalized spacial score (nSPS) is 13.6. The van der Waals surface area contributed by atoms with E-state index >= 15 is 0 Å². The molecular weight excluding hydrogens is 769 g/mol. The van der Waals surface area contributed by atoms with Crippen molar-refractivity contribution in [1.82, 2.24) is 9.55 Å². The Bertz CT molecular complexity index is 3000. The molecule has 0 aliphatic carbocycles. The molecule has 1 aliphatic heterocycles. The van der Waals surface area contributed by atoms with Crippen LogP contribution in [0.4, 0.5) is 22.7 Å². The largest absolute Gasteiger partial charge is 0.457 e. The Labute approximate surface area is 375 Å². The van der Waals surface area contributed by atoms with E-state index in [0.717, 1.165) is 34.0 Å². The molecule has 8 aromatic rings. The number of aromatic nitrogens is 2. The third kappa shape index (κ3) is 8.10. The number of hydrogen-bond donors (Lipinski definition) is 0. The molecule has 0 bridgehead atoms. The molecular formula is C58H62N4O. The summed E-state index contributed by atoms with van der Waals surface area (Å²) in [5.74, 6) is 2.46. The Kier molecular flexibility index (Phi) is 10.1. The van der Waals surface area contributed by atoms with Crippen molar-refractivity contribution in [3.8, 4) is 28.4 Å². The number of rotatable bonds is 6. The molecule has 0 radical (unpaired) electrons. The van der Waals surface area contributed by atoms with E-state index in [9.17, 15) is 0 Å². The summed E-state index contributed by atoms with van der Waals surface area (Å²) < 4.78 is 9.15. The van der Waals surface area contributed by atoms with Crippen molar-refractivity contribution in [3.63, 3.8) is 0 Å². The Morgan fingerprint density at radius 3 is 1.79 bits per heavy atom. The number of hydrogen-bond acceptors (Lipinski definition) is 4. The number of fused-ring (bicyclic) bond motifs is 4. The second kappa shape index (κ2) is 15.2. The maximum atomic E-state index is 6.85. The highest BCUT2D eigenvalue weighted by Gasteiger charge is 2.31. The number of nitrogens with zero attached hydrogens (tertiary/aromatic N) is 4. The first-order valence-electron chi connectivity index (χ1n) is 22.5. The zero-order valence-electron chi connectivity index (χ0n) is 39.3. The highest BCUT2D eigenvalue weighted by atomic mass is 16.5. The minimum atomic E-state index is -0.0245. The van der Waals surface area contributed by atoms with Gasteiger partial charge >= 0.3 is 0 Å². The number of pyridine rings is 1. The topological polar surface area (TPSA) is 33.5 Å². The summed E-state index contributed by atoms with van der Waals surface area (Å²) in [6.07, 6.45) is 1.94. The minimum absolute atomic E-state index is 0.00921. The molecule has 3 heterocycles. The third-order valence-electron chi connectivity index (χ3n) is 12.7. The standard InChI is InChI=1S/C58H62N4O/c1-55(2,3)40-21-25-50-49(32-40)48-24-23-47(36-52(48)62(50)54-34-42(27-28-59-54)57(7,8)9)63-46-20-16-19-44(35-46)60-37-61(51-26-22-41(33-53(51)60)56(4,5)6)45-30-39(38-17-14-13-15-18-38)29-43(31-45)58(10,11)12/h13-36H,37H2,1-12H3. The lowest BCUT2D eigenvalue weighted by Gasteiger charge is -2.26. The van der Waals surface area contributed by atoms with E-state index in [4.69, 9.17) is 9.72 Å². The van der Waals surface area contributed by atoms with Gasteiger partial charge in [0.15, 0.2) is 0 Å². The summed E-state index contributed by atoms with van der Waals surface area (Å²) in [5.41, 5.74) is 14.4. The molecule has 0 amide bonds. The van der Waals surface area contributed by atoms with Crippen molar-refractivity contribution in [2.24, 2.45) is 0 Å². The van der Waals surface area contributed by atoms with Crippen LogP contribution in [0.2, 0.25) is 0 Å². The molecule has 320 valence electrons. The van der Waals surface area contributed by atoms with E-state index < -0.39 is 0 Å². The molecule has 5 nitrogen and oxygen atoms in total. The van der Waals surface area contributed by atoms with E-state index in [-0.39, 0.29) is 21.7 Å². The molecule has 0 atom stereocenters. The van der Waals surface area contributed by atoms with Gasteiger partial charge < -0.3 is 14.5 Å². The average molecular weight is 831 g/mol. The maximum absolute atomic E-state index is 6.85. The highest BCUT2D eigenvalue weighted by Crippen LogP contribution is 2.48. The summed E-state index contributed by atoms with van der Waals surface area (Å²) in [6.45, 7) is 28.0. The number of benzene rings is 6. The van der Waals surface area contributed by atoms with Crippen LogP contribution in [0.25, 0.3) is 38.8 Å². The van der Waals surface area contributed by atoms with Gasteiger partial charge in [0.1, 0.15) is 24.0 Å². The zero-order chi connectivity index (χ0) is 44.6. The predicted octanol–water partition coefficient (Wildman–Crippen LogP) is 16.1. The zero-order valence-corrected chi connectivity index (χ0v) is 39.3. The van der Waals surface area contributed by atoms with Crippen LogP contribution >= 0.6 is 0 Å². The van der Waals surface area contributed by atoms with Crippen molar-refractivity contribution in [1.29, 1.82) is 0 Å². The predicted molar refractivity (Wildman–Crippen MR) is 267 cm³/mol. The molecule has 0 unspecified atom stereocenters. The van der Waals surface area contributed by atoms with Crippen LogP contribution < -0.4 is 14.5 Å². The van der Waals surface area contributed by atoms with Gasteiger partial charge in [0.25, 0.3) is 0 Å². The van der Waals surface area contributed by atoms with Gasteiger partial charge in [-0.15, -0.1) is 0 Å². The van der Waals surface area contributed by atoms with Gasteiger partial charge in [0.05, 0.1) is 22.4 Å². The smallest absolute Gasteiger partial charge is 0.137 e. The first kappa shape index (κ1) is 42.0. The molecule has 0 saturated heterocycles. The second-order valence-corrected chi connectivity index (χ2v) is 21.6. The molecule has 0 spiro atoms. The van der Waals surface area contributed by atoms with Crippen LogP contribution in [0, 0.1) is 0 Å². The molecule has 2 aromatic heterocycles. The Morgan fingerprint density at radius 1 is 0.429 bits per heavy atom. The van der Waals surface area contributed by atoms with Crippen LogP contribution in [0.1, 0.15) is 105 Å². The first-order valence-corrected chi connectivity index (χ1v) is 22.5. The Balaban J connectivity index is 1.12. The van der Waals surface area contributed by atoms with E-state index in [1.54, 1.807) is 0 Å². The van der Waals surface area contributed by atoms with Crippen molar-refractivity contribution in [2.75, 3.05) is 16.5 Å². The fraction of sp³-hybridized carbons (Fsp3) is 0.293. The fourth-order valence-corrected chi connectivity index (χ4v) is 8.80. The third-order valence-corrected chi connectivity index (χ3v) is 12.7. The monoisotopic (exact) mass is 830 g/mol. The second-order valence-electron chi connectivity index (χ2n) is 21.6. The van der Waals surface area contributed by atoms with Crippen molar-refractivity contribution in [3.05, 3.63) is 168 Å². The van der Waals surface area contributed by atoms with Gasteiger partial charge in [0.2, 0.25) is 0 Å². The lowest BCUT2D eigenvalue weighted by molar-refractivity contribution is 0.483. The van der Waals surface area contributed by atoms with E-state index in [2.05, 4.69) is 237 Å². The van der Waals surface area contributed by atoms with Crippen LogP contribution in [0.3, 0.4) is 0 Å². The van der Waals surface area contributed by atoms with Crippen molar-refractivity contribution < 1.29 is 4.74 Å². The lowest BCUT2D eigenvalue weighted by atomic mass is 9.84. The van der Waals surface area contributed by atoms with Gasteiger partial charge in [-0.1, -0.05) is 138 Å². The highest BCUT2D eigenvalue weighted by molar-refractivity contribution is 6.10. The average Bonchev–Trinajstić information content (AvgIpc) is 3.78. The van der Waals surface area contributed by atoms with Crippen LogP contribution in [-0.2, 0) is 21.7 Å². The summed E-state index contributed by atoms with van der Waals surface area (Å²) >= 11 is 0. The lowest BCUT2D eigenvalue weighted by Crippen LogP contribution is -2.24. The molecule has 0 N–H and O–H groups in total. The van der Waals surface area contributed by atoms with Gasteiger partial charge in [-0.2, -0.15) is 0 Å². The summed E-state index contributed by atoms with van der Waals surface area (Å²) in [7, 11) is 0. The minimum Gasteiger partial charge on any atom is -0.457 e. The fourth-order valence-electron chi connectivity index (χ4n) is 8.80. The summed E-state index contributed by atoms with van der Waals surface area (Å²) in [4.78, 5) is 9.86. The quantitative estimate of drug-likeness (QED) is 0.167. The van der Waals surface area contributed by atoms with Gasteiger partial charge in [-0.05, 0) is 128 Å². The molecule has 6 aromatic carbocycles. The molecule has 9 rings (SSSR count). The summed E-state index contributed by atoms with van der Waals surface area (Å²) in [5, 5.41) is 2.39. The summed E-state index contributed by atoms with van der Waals surface area (Å²) in [6, 6.07) is 51.1. The number of ether oxygens (including phenoxy) is 1. The van der Waals surface area contributed by atoms with E-state index in [1.165, 1.54) is 61.2 Å². The maximum Gasteiger partial charge on any atom is 0.137 e. The van der Waals surface area contributed by atoms with Crippen LogP contribution in [-0.4, -0.2) is 16.2 Å². The molecule has 0 saturated carbocycles. The van der Waals surface area contributed by atoms with E-state index in [0.29, 0.717) is 6.67 Å². The van der Waals surface area contributed by atoms with E-state index in [1.807, 2.05) is 6.20 Å². The van der Waals surface area contributed by atoms with Gasteiger partial charge in [-0.3, -0.25) is 4.57 Å². The van der Waals surface area contributed by atoms with Crippen molar-refractivity contribution in [2.45, 2.75) is 105 Å². The van der Waals surface area contributed by atoms with Crippen LogP contribution in [0.5, 0.6) is 11.5 Å². The molecule has 5 heteroatoms.